The molecular weight excluding hydrogens is 210 g/mol. The first-order valence-corrected chi connectivity index (χ1v) is 5.58. The van der Waals surface area contributed by atoms with Crippen molar-refractivity contribution in [2.24, 2.45) is 0 Å². The summed E-state index contributed by atoms with van der Waals surface area (Å²) in [5.41, 5.74) is 0. The minimum atomic E-state index is -0.333. The van der Waals surface area contributed by atoms with Gasteiger partial charge in [0.1, 0.15) is 0 Å². The molecule has 0 aliphatic heterocycles. The quantitative estimate of drug-likeness (QED) is 0.734. The number of Topliss-reactive ketones (excluding diaryl/α,β-unsaturated/α-hetero) is 1. The monoisotopic (exact) mass is 231 g/mol. The molecular formula is C11H21NO2S. The smallest absolute Gasteiger partial charge is 0.222 e. The molecule has 15 heavy (non-hydrogen) atoms. The van der Waals surface area contributed by atoms with Crippen LogP contribution in [-0.2, 0) is 9.59 Å². The molecule has 0 saturated carbocycles. The molecule has 0 aromatic heterocycles. The predicted octanol–water partition coefficient (Wildman–Crippen LogP) is 1.91. The standard InChI is InChI=1S/C11H21NO2S/c1-8(9(2)13)12(5)10(14)6-7-11(3,4)15/h8,15H,6-7H2,1-5H3/t8-/m0/s1. The van der Waals surface area contributed by atoms with E-state index in [1.165, 1.54) is 11.8 Å². The van der Waals surface area contributed by atoms with Gasteiger partial charge in [0.25, 0.3) is 0 Å². The van der Waals surface area contributed by atoms with Gasteiger partial charge in [0.05, 0.1) is 6.04 Å². The van der Waals surface area contributed by atoms with E-state index in [4.69, 9.17) is 0 Å². The fourth-order valence-electron chi connectivity index (χ4n) is 1.08. The highest BCUT2D eigenvalue weighted by atomic mass is 32.1. The first-order valence-electron chi connectivity index (χ1n) is 5.13. The van der Waals surface area contributed by atoms with Crippen molar-refractivity contribution in [3.05, 3.63) is 0 Å². The largest absolute Gasteiger partial charge is 0.336 e. The lowest BCUT2D eigenvalue weighted by atomic mass is 10.1. The van der Waals surface area contributed by atoms with Crippen LogP contribution in [0.25, 0.3) is 0 Å². The van der Waals surface area contributed by atoms with Crippen LogP contribution in [0.5, 0.6) is 0 Å². The first kappa shape index (κ1) is 14.5. The zero-order valence-electron chi connectivity index (χ0n) is 10.2. The molecule has 3 nitrogen and oxygen atoms in total. The van der Waals surface area contributed by atoms with Gasteiger partial charge in [-0.2, -0.15) is 12.6 Å². The number of rotatable bonds is 5. The second-order valence-corrected chi connectivity index (χ2v) is 5.81. The van der Waals surface area contributed by atoms with Crippen molar-refractivity contribution in [3.8, 4) is 0 Å². The molecule has 0 N–H and O–H groups in total. The Morgan fingerprint density at radius 3 is 2.20 bits per heavy atom. The van der Waals surface area contributed by atoms with E-state index in [0.717, 1.165) is 0 Å². The van der Waals surface area contributed by atoms with E-state index >= 15 is 0 Å². The van der Waals surface area contributed by atoms with Gasteiger partial charge >= 0.3 is 0 Å². The molecule has 0 heterocycles. The van der Waals surface area contributed by atoms with Gasteiger partial charge in [-0.1, -0.05) is 13.8 Å². The normalized spacial score (nSPS) is 13.5. The molecule has 0 aliphatic carbocycles. The number of amides is 1. The second kappa shape index (κ2) is 5.54. The van der Waals surface area contributed by atoms with E-state index in [2.05, 4.69) is 12.6 Å². The van der Waals surface area contributed by atoms with Crippen LogP contribution < -0.4 is 0 Å². The summed E-state index contributed by atoms with van der Waals surface area (Å²) in [5.74, 6) is 0.0100. The summed E-state index contributed by atoms with van der Waals surface area (Å²) in [6.45, 7) is 7.18. The van der Waals surface area contributed by atoms with E-state index in [9.17, 15) is 9.59 Å². The zero-order chi connectivity index (χ0) is 12.2. The minimum absolute atomic E-state index is 0.000162. The summed E-state index contributed by atoms with van der Waals surface area (Å²) in [7, 11) is 1.67. The van der Waals surface area contributed by atoms with Crippen molar-refractivity contribution in [2.75, 3.05) is 7.05 Å². The van der Waals surface area contributed by atoms with Crippen LogP contribution in [0.4, 0.5) is 0 Å². The highest BCUT2D eigenvalue weighted by Crippen LogP contribution is 2.19. The fourth-order valence-corrected chi connectivity index (χ4v) is 1.19. The molecule has 0 aromatic carbocycles. The van der Waals surface area contributed by atoms with Gasteiger partial charge in [-0.15, -0.1) is 0 Å². The second-order valence-electron chi connectivity index (χ2n) is 4.60. The highest BCUT2D eigenvalue weighted by Gasteiger charge is 2.21. The molecule has 0 aliphatic rings. The number of ketones is 1. The van der Waals surface area contributed by atoms with Crippen molar-refractivity contribution < 1.29 is 9.59 Å². The van der Waals surface area contributed by atoms with E-state index in [-0.39, 0.29) is 22.5 Å². The Hall–Kier alpha value is -0.510. The lowest BCUT2D eigenvalue weighted by molar-refractivity contribution is -0.136. The van der Waals surface area contributed by atoms with E-state index in [0.29, 0.717) is 12.8 Å². The molecule has 0 radical (unpaired) electrons. The van der Waals surface area contributed by atoms with Crippen molar-refractivity contribution in [3.63, 3.8) is 0 Å². The van der Waals surface area contributed by atoms with Crippen molar-refractivity contribution in [1.82, 2.24) is 4.90 Å². The zero-order valence-corrected chi connectivity index (χ0v) is 11.1. The van der Waals surface area contributed by atoms with Gasteiger partial charge in [-0.3, -0.25) is 9.59 Å². The Balaban J connectivity index is 4.17. The third-order valence-electron chi connectivity index (χ3n) is 2.51. The molecule has 0 unspecified atom stereocenters. The third kappa shape index (κ3) is 5.82. The summed E-state index contributed by atoms with van der Waals surface area (Å²) in [6, 6.07) is -0.333. The summed E-state index contributed by atoms with van der Waals surface area (Å²) >= 11 is 4.35. The Kier molecular flexibility index (Phi) is 5.35. The topological polar surface area (TPSA) is 37.4 Å². The highest BCUT2D eigenvalue weighted by molar-refractivity contribution is 7.81. The molecule has 0 saturated heterocycles. The van der Waals surface area contributed by atoms with E-state index in [1.807, 2.05) is 13.8 Å². The number of hydrogen-bond acceptors (Lipinski definition) is 3. The van der Waals surface area contributed by atoms with Gasteiger partial charge in [-0.25, -0.2) is 0 Å². The van der Waals surface area contributed by atoms with Crippen LogP contribution in [0, 0.1) is 0 Å². The summed E-state index contributed by atoms with van der Waals surface area (Å²) in [4.78, 5) is 24.3. The maximum absolute atomic E-state index is 11.7. The third-order valence-corrected chi connectivity index (χ3v) is 2.74. The Bertz CT molecular complexity index is 245. The maximum Gasteiger partial charge on any atom is 0.222 e. The molecule has 4 heteroatoms. The van der Waals surface area contributed by atoms with E-state index < -0.39 is 0 Å². The fraction of sp³-hybridized carbons (Fsp3) is 0.818. The van der Waals surface area contributed by atoms with Gasteiger partial charge < -0.3 is 4.90 Å². The minimum Gasteiger partial charge on any atom is -0.336 e. The molecule has 0 aromatic rings. The number of likely N-dealkylation sites (N-methyl/N-ethyl adjacent to an activating group) is 1. The number of carbonyl (C=O) groups is 2. The number of thiol groups is 1. The number of hydrogen-bond donors (Lipinski definition) is 1. The van der Waals surface area contributed by atoms with Crippen LogP contribution in [0.15, 0.2) is 0 Å². The van der Waals surface area contributed by atoms with Crippen LogP contribution in [0.3, 0.4) is 0 Å². The Morgan fingerprint density at radius 1 is 1.40 bits per heavy atom. The number of nitrogens with zero attached hydrogens (tertiary/aromatic N) is 1. The van der Waals surface area contributed by atoms with Crippen LogP contribution in [-0.4, -0.2) is 34.4 Å². The molecule has 0 bridgehead atoms. The summed E-state index contributed by atoms with van der Waals surface area (Å²) in [6.07, 6.45) is 1.15. The van der Waals surface area contributed by atoms with Crippen LogP contribution in [0.2, 0.25) is 0 Å². The summed E-state index contributed by atoms with van der Waals surface area (Å²) < 4.78 is -0.143. The lowest BCUT2D eigenvalue weighted by Gasteiger charge is -2.24. The van der Waals surface area contributed by atoms with Crippen molar-refractivity contribution >= 4 is 24.3 Å². The van der Waals surface area contributed by atoms with E-state index in [1.54, 1.807) is 14.0 Å². The molecule has 1 atom stereocenters. The van der Waals surface area contributed by atoms with Crippen molar-refractivity contribution in [1.29, 1.82) is 0 Å². The first-order chi connectivity index (χ1) is 6.65. The molecule has 0 spiro atoms. The molecule has 1 amide bonds. The molecule has 0 fully saturated rings. The van der Waals surface area contributed by atoms with Gasteiger partial charge in [0.2, 0.25) is 5.91 Å². The average Bonchev–Trinajstić information content (AvgIpc) is 2.10. The lowest BCUT2D eigenvalue weighted by Crippen LogP contribution is -2.39. The SMILES string of the molecule is CC(=O)[C@H](C)N(C)C(=O)CCC(C)(C)S. The molecule has 88 valence electrons. The maximum atomic E-state index is 11.7. The molecule has 0 rings (SSSR count). The van der Waals surface area contributed by atoms with Crippen LogP contribution in [0.1, 0.15) is 40.5 Å². The Morgan fingerprint density at radius 2 is 1.87 bits per heavy atom. The van der Waals surface area contributed by atoms with Gasteiger partial charge in [-0.05, 0) is 20.3 Å². The average molecular weight is 231 g/mol. The summed E-state index contributed by atoms with van der Waals surface area (Å²) in [5, 5.41) is 0. The predicted molar refractivity (Wildman–Crippen MR) is 65.2 cm³/mol. The van der Waals surface area contributed by atoms with Crippen molar-refractivity contribution in [2.45, 2.75) is 51.3 Å². The number of carbonyl (C=O) groups excluding carboxylic acids is 2. The Labute approximate surface area is 97.6 Å². The van der Waals surface area contributed by atoms with Crippen LogP contribution >= 0.6 is 12.6 Å². The van der Waals surface area contributed by atoms with Gasteiger partial charge in [0, 0.05) is 18.2 Å². The van der Waals surface area contributed by atoms with Gasteiger partial charge in [0.15, 0.2) is 5.78 Å².